The Labute approximate surface area is 251 Å². The van der Waals surface area contributed by atoms with Crippen molar-refractivity contribution in [2.24, 2.45) is 17.6 Å². The van der Waals surface area contributed by atoms with Crippen molar-refractivity contribution >= 4 is 34.5 Å². The normalized spacial score (nSPS) is 28.2. The number of aldehydes is 1. The maximum atomic E-state index is 14.2. The predicted octanol–water partition coefficient (Wildman–Crippen LogP) is 2.29. The molecule has 0 aliphatic heterocycles. The zero-order valence-corrected chi connectivity index (χ0v) is 24.0. The van der Waals surface area contributed by atoms with Gasteiger partial charge in [0.25, 0.3) is 5.91 Å². The highest BCUT2D eigenvalue weighted by Gasteiger charge is 2.67. The number of fused-ring (bicyclic) bond motifs is 4. The largest absolute Gasteiger partial charge is 0.510 e. The van der Waals surface area contributed by atoms with Crippen LogP contribution >= 0.6 is 0 Å². The number of benzene rings is 3. The molecule has 0 bridgehead atoms. The summed E-state index contributed by atoms with van der Waals surface area (Å²) in [6, 6.07) is 12.2. The van der Waals surface area contributed by atoms with Gasteiger partial charge in [-0.1, -0.05) is 55.5 Å². The topological polar surface area (TPSA) is 199 Å². The summed E-state index contributed by atoms with van der Waals surface area (Å²) in [6.45, 7) is 1.67. The van der Waals surface area contributed by atoms with Crippen LogP contribution in [0.3, 0.4) is 0 Å². The molecule has 3 aliphatic rings. The Balaban J connectivity index is 1.59. The number of aromatic hydroxyl groups is 1. The summed E-state index contributed by atoms with van der Waals surface area (Å²) in [4.78, 5) is 53.0. The predicted molar refractivity (Wildman–Crippen MR) is 158 cm³/mol. The maximum absolute atomic E-state index is 14.2. The number of hydrogen-bond acceptors (Lipinski definition) is 10. The van der Waals surface area contributed by atoms with Crippen molar-refractivity contribution in [3.8, 4) is 16.9 Å². The number of likely N-dealkylation sites (N-methyl/N-ethyl adjacent to an activating group) is 1. The number of phenols is 1. The second-order valence-corrected chi connectivity index (χ2v) is 11.8. The highest BCUT2D eigenvalue weighted by molar-refractivity contribution is 6.25. The van der Waals surface area contributed by atoms with E-state index in [4.69, 9.17) is 5.73 Å². The molecule has 11 heteroatoms. The summed E-state index contributed by atoms with van der Waals surface area (Å²) >= 11 is 0. The van der Waals surface area contributed by atoms with E-state index in [0.29, 0.717) is 27.5 Å². The Bertz CT molecular complexity index is 1890. The van der Waals surface area contributed by atoms with Gasteiger partial charge in [0.2, 0.25) is 5.78 Å². The van der Waals surface area contributed by atoms with Gasteiger partial charge in [0.1, 0.15) is 22.8 Å². The average molecular weight is 599 g/mol. The van der Waals surface area contributed by atoms with E-state index in [0.717, 1.165) is 6.29 Å². The van der Waals surface area contributed by atoms with Gasteiger partial charge in [0, 0.05) is 22.6 Å². The van der Waals surface area contributed by atoms with Crippen LogP contribution in [0.25, 0.3) is 21.9 Å². The van der Waals surface area contributed by atoms with Gasteiger partial charge < -0.3 is 31.3 Å². The van der Waals surface area contributed by atoms with Gasteiger partial charge in [-0.2, -0.15) is 0 Å². The lowest BCUT2D eigenvalue weighted by Crippen LogP contribution is -2.68. The van der Waals surface area contributed by atoms with Crippen LogP contribution < -0.4 is 5.73 Å². The molecule has 0 fully saturated rings. The molecule has 0 unspecified atom stereocenters. The lowest BCUT2D eigenvalue weighted by molar-refractivity contribution is -0.162. The van der Waals surface area contributed by atoms with Crippen molar-refractivity contribution in [3.63, 3.8) is 0 Å². The highest BCUT2D eigenvalue weighted by atomic mass is 16.4. The summed E-state index contributed by atoms with van der Waals surface area (Å²) in [7, 11) is 2.96. The molecule has 3 aliphatic carbocycles. The number of hydrogen-bond donors (Lipinski definition) is 6. The van der Waals surface area contributed by atoms with Gasteiger partial charge in [0.15, 0.2) is 17.7 Å². The zero-order chi connectivity index (χ0) is 32.0. The van der Waals surface area contributed by atoms with Crippen LogP contribution in [0.4, 0.5) is 0 Å². The van der Waals surface area contributed by atoms with Crippen LogP contribution in [-0.4, -0.2) is 86.0 Å². The lowest BCUT2D eigenvalue weighted by atomic mass is 9.55. The third-order valence-electron chi connectivity index (χ3n) is 9.51. The molecule has 6 atom stereocenters. The third-order valence-corrected chi connectivity index (χ3v) is 9.51. The molecule has 0 heterocycles. The fourth-order valence-corrected chi connectivity index (χ4v) is 7.50. The van der Waals surface area contributed by atoms with Gasteiger partial charge >= 0.3 is 0 Å². The van der Waals surface area contributed by atoms with E-state index < -0.39 is 81.4 Å². The zero-order valence-electron chi connectivity index (χ0n) is 24.0. The number of Topliss-reactive ketones (excluding diaryl/α,β-unsaturated/α-hetero) is 2. The minimum absolute atomic E-state index is 0.188. The molecule has 3 aromatic carbocycles. The third kappa shape index (κ3) is 3.60. The summed E-state index contributed by atoms with van der Waals surface area (Å²) in [6.07, 6.45) is -0.954. The molecule has 0 spiro atoms. The number of phenolic OH excluding ortho intramolecular Hbond substituents is 1. The Morgan fingerprint density at radius 1 is 0.977 bits per heavy atom. The van der Waals surface area contributed by atoms with E-state index in [9.17, 15) is 44.7 Å². The average Bonchev–Trinajstić information content (AvgIpc) is 2.98. The molecule has 0 radical (unpaired) electrons. The summed E-state index contributed by atoms with van der Waals surface area (Å²) in [5.74, 6) is -9.46. The van der Waals surface area contributed by atoms with Crippen molar-refractivity contribution in [2.45, 2.75) is 30.6 Å². The molecule has 3 aromatic rings. The fraction of sp³-hybridized carbons (Fsp3) is 0.273. The van der Waals surface area contributed by atoms with Crippen LogP contribution in [0.1, 0.15) is 39.1 Å². The highest BCUT2D eigenvalue weighted by Crippen LogP contribution is 2.56. The van der Waals surface area contributed by atoms with Crippen molar-refractivity contribution < 1.29 is 44.7 Å². The number of nitrogens with two attached hydrogens (primary N) is 1. The molecule has 11 nitrogen and oxygen atoms in total. The molecule has 6 rings (SSSR count). The second-order valence-electron chi connectivity index (χ2n) is 11.8. The number of nitrogens with zero attached hydrogens (tertiary/aromatic N) is 1. The van der Waals surface area contributed by atoms with Gasteiger partial charge in [-0.25, -0.2) is 0 Å². The van der Waals surface area contributed by atoms with Crippen LogP contribution in [0.2, 0.25) is 0 Å². The van der Waals surface area contributed by atoms with E-state index in [1.807, 2.05) is 0 Å². The van der Waals surface area contributed by atoms with Crippen molar-refractivity contribution in [2.75, 3.05) is 14.1 Å². The quantitative estimate of drug-likeness (QED) is 0.191. The molecule has 0 saturated heterocycles. The lowest BCUT2D eigenvalue weighted by Gasteiger charge is -2.53. The molecule has 44 heavy (non-hydrogen) atoms. The van der Waals surface area contributed by atoms with Crippen molar-refractivity contribution in [1.82, 2.24) is 4.90 Å². The van der Waals surface area contributed by atoms with Gasteiger partial charge in [-0.3, -0.25) is 24.1 Å². The number of rotatable bonds is 4. The van der Waals surface area contributed by atoms with Gasteiger partial charge in [0.05, 0.1) is 23.6 Å². The Hall–Kier alpha value is -4.84. The monoisotopic (exact) mass is 598 g/mol. The van der Waals surface area contributed by atoms with Crippen LogP contribution in [0, 0.1) is 11.8 Å². The van der Waals surface area contributed by atoms with Crippen molar-refractivity contribution in [1.29, 1.82) is 0 Å². The summed E-state index contributed by atoms with van der Waals surface area (Å²) < 4.78 is 0. The summed E-state index contributed by atoms with van der Waals surface area (Å²) in [5.41, 5.74) is 2.35. The summed E-state index contributed by atoms with van der Waals surface area (Å²) in [5, 5.41) is 59.1. The first-order valence-electron chi connectivity index (χ1n) is 13.9. The first-order valence-corrected chi connectivity index (χ1v) is 13.9. The van der Waals surface area contributed by atoms with Crippen LogP contribution in [-0.2, 0) is 9.59 Å². The molecule has 226 valence electrons. The Morgan fingerprint density at radius 3 is 2.23 bits per heavy atom. The van der Waals surface area contributed by atoms with E-state index in [1.165, 1.54) is 19.0 Å². The molecule has 0 saturated carbocycles. The van der Waals surface area contributed by atoms with Crippen LogP contribution in [0.5, 0.6) is 5.75 Å². The molecular formula is C33H30N2O9. The van der Waals surface area contributed by atoms with E-state index in [2.05, 4.69) is 0 Å². The number of aliphatic hydroxyl groups is 4. The minimum Gasteiger partial charge on any atom is -0.510 e. The van der Waals surface area contributed by atoms with E-state index in [-0.39, 0.29) is 11.1 Å². The van der Waals surface area contributed by atoms with Gasteiger partial charge in [-0.15, -0.1) is 0 Å². The number of carbonyl (C=O) groups excluding carboxylic acids is 4. The van der Waals surface area contributed by atoms with E-state index >= 15 is 0 Å². The Morgan fingerprint density at radius 2 is 1.61 bits per heavy atom. The van der Waals surface area contributed by atoms with E-state index in [1.54, 1.807) is 55.5 Å². The molecular weight excluding hydrogens is 568 g/mol. The first-order chi connectivity index (χ1) is 20.8. The minimum atomic E-state index is -2.99. The Kier molecular flexibility index (Phi) is 6.54. The molecule has 0 aromatic heterocycles. The standard InChI is InChI=1S/C33H30N2O9/c1-13-15-10-11-19(18-9-8-14(12-36)16-6-4-5-7-17(16)18)26(37)21(15)27(38)22-20(13)28(39)24-25(35(2)3)29(40)23(32(34)43)31(42)33(24,44)30(22)41/h4-13,20,24-25,28,37,39-41,44H,1-3H3,(H2,34,43)/t13-,20+,24+,25-,28-,33-/m0/s1. The number of aliphatic hydroxyl groups excluding tert-OH is 3. The van der Waals surface area contributed by atoms with Gasteiger partial charge in [-0.05, 0) is 41.9 Å². The molecule has 1 amide bonds. The first kappa shape index (κ1) is 29.2. The fourth-order valence-electron chi connectivity index (χ4n) is 7.50. The van der Waals surface area contributed by atoms with Crippen LogP contribution in [0.15, 0.2) is 71.2 Å². The smallest absolute Gasteiger partial charge is 0.255 e. The number of carbonyl (C=O) groups is 4. The SMILES string of the molecule is C[C@H]1c2ccc(-c3ccc(C=O)c4ccccc34)c(O)c2C(=O)C2=C(O)[C@]3(O)C(=O)C(C(N)=O)=C(O)[C@@H](N(C)C)[C@@H]3[C@@H](O)[C@@H]21. The maximum Gasteiger partial charge on any atom is 0.255 e. The number of amides is 1. The number of ketones is 2. The van der Waals surface area contributed by atoms with Crippen molar-refractivity contribution in [3.05, 3.63) is 87.9 Å². The molecule has 7 N–H and O–H groups in total. The number of primary amides is 1. The second kappa shape index (κ2) is 9.84.